The van der Waals surface area contributed by atoms with Crippen molar-refractivity contribution in [3.63, 3.8) is 0 Å². The van der Waals surface area contributed by atoms with E-state index < -0.39 is 29.6 Å². The molecular weight excluding hydrogens is 356 g/mol. The van der Waals surface area contributed by atoms with E-state index in [9.17, 15) is 9.59 Å². The molecule has 0 N–H and O–H groups in total. The van der Waals surface area contributed by atoms with Crippen LogP contribution in [0.2, 0.25) is 0 Å². The van der Waals surface area contributed by atoms with Crippen LogP contribution in [0.1, 0.15) is 37.2 Å². The molecule has 146 valence electrons. The van der Waals surface area contributed by atoms with Crippen molar-refractivity contribution in [1.82, 2.24) is 0 Å². The number of carbonyl (C=O) groups is 2. The molecule has 28 heavy (non-hydrogen) atoms. The van der Waals surface area contributed by atoms with Crippen molar-refractivity contribution < 1.29 is 23.8 Å². The zero-order valence-corrected chi connectivity index (χ0v) is 16.1. The first-order chi connectivity index (χ1) is 13.6. The van der Waals surface area contributed by atoms with Gasteiger partial charge in [0, 0.05) is 0 Å². The molecule has 0 aliphatic carbocycles. The number of benzene rings is 2. The third-order valence-electron chi connectivity index (χ3n) is 4.89. The van der Waals surface area contributed by atoms with Crippen molar-refractivity contribution in [3.05, 3.63) is 83.9 Å². The van der Waals surface area contributed by atoms with Crippen molar-refractivity contribution in [2.24, 2.45) is 5.41 Å². The van der Waals surface area contributed by atoms with E-state index in [1.807, 2.05) is 60.7 Å². The van der Waals surface area contributed by atoms with Gasteiger partial charge in [0.25, 0.3) is 0 Å². The van der Waals surface area contributed by atoms with Gasteiger partial charge in [0.15, 0.2) is 0 Å². The molecule has 5 heteroatoms. The van der Waals surface area contributed by atoms with Crippen LogP contribution >= 0.6 is 0 Å². The lowest BCUT2D eigenvalue weighted by Gasteiger charge is -2.30. The molecule has 0 amide bonds. The second-order valence-electron chi connectivity index (χ2n) is 6.49. The zero-order valence-electron chi connectivity index (χ0n) is 16.1. The number of esters is 2. The van der Waals surface area contributed by atoms with E-state index in [0.717, 1.165) is 5.56 Å². The van der Waals surface area contributed by atoms with E-state index in [-0.39, 0.29) is 13.2 Å². The largest absolute Gasteiger partial charge is 0.465 e. The van der Waals surface area contributed by atoms with E-state index in [1.165, 1.54) is 0 Å². The van der Waals surface area contributed by atoms with Crippen molar-refractivity contribution >= 4 is 11.9 Å². The molecule has 0 spiro atoms. The van der Waals surface area contributed by atoms with Crippen LogP contribution in [-0.2, 0) is 23.8 Å². The van der Waals surface area contributed by atoms with Crippen LogP contribution < -0.4 is 0 Å². The van der Waals surface area contributed by atoms with Crippen molar-refractivity contribution in [2.75, 3.05) is 13.2 Å². The molecule has 1 aliphatic rings. The summed E-state index contributed by atoms with van der Waals surface area (Å²) in [6.45, 7) is 7.77. The van der Waals surface area contributed by atoms with Gasteiger partial charge in [-0.25, -0.2) is 0 Å². The fourth-order valence-corrected chi connectivity index (χ4v) is 3.61. The number of hydrogen-bond donors (Lipinski definition) is 0. The maximum atomic E-state index is 13.2. The minimum Gasteiger partial charge on any atom is -0.465 e. The highest BCUT2D eigenvalue weighted by Crippen LogP contribution is 2.57. The Morgan fingerprint density at radius 2 is 1.36 bits per heavy atom. The zero-order chi connectivity index (χ0) is 20.1. The highest BCUT2D eigenvalue weighted by atomic mass is 16.6. The number of hydrogen-bond acceptors (Lipinski definition) is 5. The number of ether oxygens (including phenoxy) is 3. The Labute approximate surface area is 164 Å². The van der Waals surface area contributed by atoms with Crippen molar-refractivity contribution in [2.45, 2.75) is 26.1 Å². The molecule has 0 aromatic heterocycles. The summed E-state index contributed by atoms with van der Waals surface area (Å²) in [5, 5.41) is 0. The standard InChI is InChI=1S/C23H24O5/c1-4-26-21(24)23(22(25)27-5-2)16(3)19(17-12-8-6-9-13-17)28-20(23)18-14-10-7-11-15-18/h6-15,19-20H,3-5H2,1-2H3. The lowest BCUT2D eigenvalue weighted by atomic mass is 9.73. The van der Waals surface area contributed by atoms with Crippen LogP contribution in [0.25, 0.3) is 0 Å². The summed E-state index contributed by atoms with van der Waals surface area (Å²) in [4.78, 5) is 26.4. The van der Waals surface area contributed by atoms with Gasteiger partial charge in [-0.3, -0.25) is 9.59 Å². The summed E-state index contributed by atoms with van der Waals surface area (Å²) < 4.78 is 16.9. The monoisotopic (exact) mass is 380 g/mol. The predicted molar refractivity (Wildman–Crippen MR) is 104 cm³/mol. The van der Waals surface area contributed by atoms with E-state index in [2.05, 4.69) is 6.58 Å². The van der Waals surface area contributed by atoms with Crippen molar-refractivity contribution in [1.29, 1.82) is 0 Å². The summed E-state index contributed by atoms with van der Waals surface area (Å²) in [5.74, 6) is -1.41. The van der Waals surface area contributed by atoms with Gasteiger partial charge in [-0.2, -0.15) is 0 Å². The molecule has 1 aliphatic heterocycles. The molecule has 2 unspecified atom stereocenters. The second kappa shape index (κ2) is 8.40. The van der Waals surface area contributed by atoms with E-state index in [1.54, 1.807) is 13.8 Å². The first kappa shape index (κ1) is 19.8. The van der Waals surface area contributed by atoms with Crippen LogP contribution in [-0.4, -0.2) is 25.2 Å². The Hall–Kier alpha value is -2.92. The quantitative estimate of drug-likeness (QED) is 0.428. The van der Waals surface area contributed by atoms with E-state index >= 15 is 0 Å². The molecule has 0 bridgehead atoms. The molecule has 2 aromatic rings. The second-order valence-corrected chi connectivity index (χ2v) is 6.49. The Balaban J connectivity index is 2.19. The average Bonchev–Trinajstić information content (AvgIpc) is 3.03. The van der Waals surface area contributed by atoms with Gasteiger partial charge in [-0.15, -0.1) is 0 Å². The van der Waals surface area contributed by atoms with Crippen LogP contribution in [0, 0.1) is 5.41 Å². The summed E-state index contributed by atoms with van der Waals surface area (Å²) in [6.07, 6.45) is -1.54. The smallest absolute Gasteiger partial charge is 0.330 e. The van der Waals surface area contributed by atoms with Gasteiger partial charge in [-0.1, -0.05) is 67.2 Å². The Kier molecular flexibility index (Phi) is 5.95. The highest BCUT2D eigenvalue weighted by Gasteiger charge is 2.65. The highest BCUT2D eigenvalue weighted by molar-refractivity contribution is 6.05. The lowest BCUT2D eigenvalue weighted by Crippen LogP contribution is -2.45. The molecule has 1 fully saturated rings. The van der Waals surface area contributed by atoms with Crippen LogP contribution in [0.4, 0.5) is 0 Å². The van der Waals surface area contributed by atoms with Gasteiger partial charge in [0.05, 0.1) is 13.2 Å². The van der Waals surface area contributed by atoms with E-state index in [4.69, 9.17) is 14.2 Å². The first-order valence-corrected chi connectivity index (χ1v) is 9.36. The summed E-state index contributed by atoms with van der Waals surface area (Å²) in [5.41, 5.74) is 0.0463. The van der Waals surface area contributed by atoms with E-state index in [0.29, 0.717) is 11.1 Å². The number of carbonyl (C=O) groups excluding carboxylic acids is 2. The maximum Gasteiger partial charge on any atom is 0.330 e. The topological polar surface area (TPSA) is 61.8 Å². The van der Waals surface area contributed by atoms with Gasteiger partial charge in [-0.05, 0) is 30.5 Å². The van der Waals surface area contributed by atoms with Gasteiger partial charge < -0.3 is 14.2 Å². The molecule has 0 radical (unpaired) electrons. The molecule has 2 aromatic carbocycles. The molecule has 1 saturated heterocycles. The first-order valence-electron chi connectivity index (χ1n) is 9.36. The molecule has 2 atom stereocenters. The molecule has 3 rings (SSSR count). The fourth-order valence-electron chi connectivity index (χ4n) is 3.61. The summed E-state index contributed by atoms with van der Waals surface area (Å²) >= 11 is 0. The van der Waals surface area contributed by atoms with Crippen LogP contribution in [0.5, 0.6) is 0 Å². The Bertz CT molecular complexity index is 826. The fraction of sp³-hybridized carbons (Fsp3) is 0.304. The SMILES string of the molecule is C=C1C(c2ccccc2)OC(c2ccccc2)C1(C(=O)OCC)C(=O)OCC. The van der Waals surface area contributed by atoms with Gasteiger partial charge in [0.2, 0.25) is 5.41 Å². The minimum absolute atomic E-state index is 0.130. The number of rotatable bonds is 6. The third kappa shape index (κ3) is 3.22. The maximum absolute atomic E-state index is 13.2. The third-order valence-corrected chi connectivity index (χ3v) is 4.89. The average molecular weight is 380 g/mol. The minimum atomic E-state index is -1.77. The van der Waals surface area contributed by atoms with Crippen LogP contribution in [0.3, 0.4) is 0 Å². The molecule has 5 nitrogen and oxygen atoms in total. The normalized spacial score (nSPS) is 20.6. The molecule has 1 heterocycles. The summed E-state index contributed by atoms with van der Waals surface area (Å²) in [6, 6.07) is 18.6. The van der Waals surface area contributed by atoms with Crippen molar-refractivity contribution in [3.8, 4) is 0 Å². The van der Waals surface area contributed by atoms with Crippen LogP contribution in [0.15, 0.2) is 72.8 Å². The Morgan fingerprint density at radius 1 is 0.893 bits per heavy atom. The van der Waals surface area contributed by atoms with Gasteiger partial charge >= 0.3 is 11.9 Å². The Morgan fingerprint density at radius 3 is 1.82 bits per heavy atom. The lowest BCUT2D eigenvalue weighted by molar-refractivity contribution is -0.174. The molecular formula is C23H24O5. The van der Waals surface area contributed by atoms with Gasteiger partial charge in [0.1, 0.15) is 12.2 Å². The molecule has 0 saturated carbocycles. The summed E-state index contributed by atoms with van der Waals surface area (Å²) in [7, 11) is 0. The predicted octanol–water partition coefficient (Wildman–Crippen LogP) is 4.17.